The van der Waals surface area contributed by atoms with Crippen molar-refractivity contribution in [3.63, 3.8) is 0 Å². The zero-order valence-electron chi connectivity index (χ0n) is 12.0. The van der Waals surface area contributed by atoms with E-state index in [-0.39, 0.29) is 4.90 Å². The number of halogens is 2. The molecule has 0 atom stereocenters. The van der Waals surface area contributed by atoms with Gasteiger partial charge in [0.1, 0.15) is 10.0 Å². The number of hydrogen-bond donors (Lipinski definition) is 0. The minimum Gasteiger partial charge on any atom is -0.295 e. The lowest BCUT2D eigenvalue weighted by molar-refractivity contribution is 0.180. The van der Waals surface area contributed by atoms with E-state index in [0.29, 0.717) is 42.1 Å². The summed E-state index contributed by atoms with van der Waals surface area (Å²) >= 11 is 13.0. The van der Waals surface area contributed by atoms with Crippen LogP contribution in [0.3, 0.4) is 0 Å². The molecule has 6 nitrogen and oxygen atoms in total. The summed E-state index contributed by atoms with van der Waals surface area (Å²) in [5, 5.41) is 4.50. The lowest BCUT2D eigenvalue weighted by Crippen LogP contribution is -2.48. The summed E-state index contributed by atoms with van der Waals surface area (Å²) in [6.45, 7) is 2.70. The summed E-state index contributed by atoms with van der Waals surface area (Å²) in [7, 11) is -3.48. The van der Waals surface area contributed by atoms with E-state index < -0.39 is 10.0 Å². The van der Waals surface area contributed by atoms with Crippen molar-refractivity contribution in [2.45, 2.75) is 11.4 Å². The first-order valence-electron chi connectivity index (χ1n) is 6.91. The smallest absolute Gasteiger partial charge is 0.243 e. The topological polar surface area (TPSA) is 66.4 Å². The number of hydrogen-bond acceptors (Lipinski definition) is 6. The largest absolute Gasteiger partial charge is 0.295 e. The van der Waals surface area contributed by atoms with Crippen molar-refractivity contribution < 1.29 is 8.42 Å². The first-order chi connectivity index (χ1) is 11.0. The van der Waals surface area contributed by atoms with Gasteiger partial charge in [-0.2, -0.15) is 4.31 Å². The normalized spacial score (nSPS) is 17.5. The van der Waals surface area contributed by atoms with Crippen LogP contribution >= 0.6 is 34.7 Å². The number of rotatable bonds is 4. The van der Waals surface area contributed by atoms with Gasteiger partial charge in [-0.1, -0.05) is 27.7 Å². The van der Waals surface area contributed by atoms with Crippen LogP contribution in [0.25, 0.3) is 0 Å². The summed E-state index contributed by atoms with van der Waals surface area (Å²) in [5.41, 5.74) is 0.741. The third-order valence-electron chi connectivity index (χ3n) is 3.67. The number of nitrogens with zero attached hydrogens (tertiary/aromatic N) is 4. The zero-order valence-corrected chi connectivity index (χ0v) is 15.2. The Kier molecular flexibility index (Phi) is 5.19. The number of benzene rings is 1. The van der Waals surface area contributed by atoms with Gasteiger partial charge < -0.3 is 0 Å². The molecule has 1 fully saturated rings. The molecule has 1 aromatic heterocycles. The minimum absolute atomic E-state index is 0.266. The van der Waals surface area contributed by atoms with E-state index >= 15 is 0 Å². The third-order valence-corrected chi connectivity index (χ3v) is 6.81. The van der Waals surface area contributed by atoms with Crippen LogP contribution in [-0.4, -0.2) is 53.4 Å². The second-order valence-corrected chi connectivity index (χ2v) is 8.86. The highest BCUT2D eigenvalue weighted by atomic mass is 35.5. The molecule has 1 aliphatic heterocycles. The average Bonchev–Trinajstić information content (AvgIpc) is 2.93. The molecule has 0 N–H and O–H groups in total. The standard InChI is InChI=1S/C13H14Cl2N4O2S2/c14-10-1-3-11(4-2-10)23(20,21)19-7-5-18(6-8-19)9-12-13(15)22-17-16-12/h1-4H,5-9H2. The molecule has 124 valence electrons. The maximum atomic E-state index is 12.6. The van der Waals surface area contributed by atoms with E-state index in [4.69, 9.17) is 23.2 Å². The van der Waals surface area contributed by atoms with Crippen LogP contribution in [0.1, 0.15) is 5.69 Å². The molecule has 1 aliphatic rings. The summed E-state index contributed by atoms with van der Waals surface area (Å²) in [4.78, 5) is 2.39. The quantitative estimate of drug-likeness (QED) is 0.798. The molecule has 0 saturated carbocycles. The van der Waals surface area contributed by atoms with Crippen LogP contribution in [0.5, 0.6) is 0 Å². The van der Waals surface area contributed by atoms with Gasteiger partial charge in [0.05, 0.1) is 4.90 Å². The van der Waals surface area contributed by atoms with Crippen LogP contribution in [0, 0.1) is 0 Å². The van der Waals surface area contributed by atoms with Crippen molar-refractivity contribution in [1.29, 1.82) is 0 Å². The molecule has 23 heavy (non-hydrogen) atoms. The second-order valence-electron chi connectivity index (χ2n) is 5.13. The molecule has 2 aromatic rings. The maximum absolute atomic E-state index is 12.6. The lowest BCUT2D eigenvalue weighted by Gasteiger charge is -2.33. The van der Waals surface area contributed by atoms with Crippen molar-refractivity contribution >= 4 is 44.8 Å². The molecule has 1 saturated heterocycles. The van der Waals surface area contributed by atoms with E-state index in [1.807, 2.05) is 0 Å². The van der Waals surface area contributed by atoms with Crippen LogP contribution in [-0.2, 0) is 16.6 Å². The summed E-state index contributed by atoms with van der Waals surface area (Å²) in [6, 6.07) is 6.24. The Hall–Kier alpha value is -0.770. The molecule has 0 bridgehead atoms. The fraction of sp³-hybridized carbons (Fsp3) is 0.385. The Morgan fingerprint density at radius 1 is 1.09 bits per heavy atom. The maximum Gasteiger partial charge on any atom is 0.243 e. The highest BCUT2D eigenvalue weighted by Crippen LogP contribution is 2.22. The van der Waals surface area contributed by atoms with Crippen LogP contribution in [0.15, 0.2) is 29.2 Å². The molecule has 0 aliphatic carbocycles. The molecule has 0 unspecified atom stereocenters. The minimum atomic E-state index is -3.48. The van der Waals surface area contributed by atoms with Crippen LogP contribution in [0.4, 0.5) is 0 Å². The molecule has 0 amide bonds. The Labute approximate surface area is 148 Å². The molecule has 0 spiro atoms. The molecule has 0 radical (unpaired) electrons. The molecule has 1 aromatic carbocycles. The average molecular weight is 393 g/mol. The van der Waals surface area contributed by atoms with E-state index in [9.17, 15) is 8.42 Å². The van der Waals surface area contributed by atoms with Crippen molar-refractivity contribution in [1.82, 2.24) is 18.8 Å². The first-order valence-corrected chi connectivity index (χ1v) is 9.88. The van der Waals surface area contributed by atoms with Crippen molar-refractivity contribution in [2.75, 3.05) is 26.2 Å². The molecule has 3 rings (SSSR count). The fourth-order valence-corrected chi connectivity index (χ4v) is 4.55. The van der Waals surface area contributed by atoms with E-state index in [2.05, 4.69) is 14.5 Å². The van der Waals surface area contributed by atoms with Crippen LogP contribution in [0.2, 0.25) is 9.36 Å². The van der Waals surface area contributed by atoms with Crippen molar-refractivity contribution in [3.8, 4) is 0 Å². The van der Waals surface area contributed by atoms with E-state index in [0.717, 1.165) is 17.2 Å². The highest BCUT2D eigenvalue weighted by molar-refractivity contribution is 7.89. The fourth-order valence-electron chi connectivity index (χ4n) is 2.39. The summed E-state index contributed by atoms with van der Waals surface area (Å²) in [6.07, 6.45) is 0. The van der Waals surface area contributed by atoms with Gasteiger partial charge in [0.2, 0.25) is 10.0 Å². The summed E-state index contributed by atoms with van der Waals surface area (Å²) in [5.74, 6) is 0. The van der Waals surface area contributed by atoms with Crippen molar-refractivity contribution in [3.05, 3.63) is 39.3 Å². The SMILES string of the molecule is O=S(=O)(c1ccc(Cl)cc1)N1CCN(Cc2nnsc2Cl)CC1. The number of sulfonamides is 1. The second kappa shape index (κ2) is 7.00. The van der Waals surface area contributed by atoms with Gasteiger partial charge in [0.15, 0.2) is 0 Å². The molecular weight excluding hydrogens is 379 g/mol. The highest BCUT2D eigenvalue weighted by Gasteiger charge is 2.28. The van der Waals surface area contributed by atoms with Gasteiger partial charge in [0.25, 0.3) is 0 Å². The Morgan fingerprint density at radius 2 is 1.74 bits per heavy atom. The lowest BCUT2D eigenvalue weighted by atomic mass is 10.3. The Bertz CT molecular complexity index is 772. The third kappa shape index (κ3) is 3.84. The Morgan fingerprint density at radius 3 is 2.30 bits per heavy atom. The van der Waals surface area contributed by atoms with Crippen molar-refractivity contribution in [2.24, 2.45) is 0 Å². The predicted octanol–water partition coefficient (Wildman–Crippen LogP) is 2.35. The van der Waals surface area contributed by atoms with Gasteiger partial charge in [-0.15, -0.1) is 5.10 Å². The van der Waals surface area contributed by atoms with Gasteiger partial charge in [-0.05, 0) is 24.3 Å². The Balaban J connectivity index is 1.64. The number of aromatic nitrogens is 2. The first kappa shape index (κ1) is 17.1. The van der Waals surface area contributed by atoms with E-state index in [1.54, 1.807) is 12.1 Å². The predicted molar refractivity (Wildman–Crippen MR) is 90.4 cm³/mol. The monoisotopic (exact) mass is 392 g/mol. The van der Waals surface area contributed by atoms with Gasteiger partial charge >= 0.3 is 0 Å². The van der Waals surface area contributed by atoms with Gasteiger partial charge in [-0.25, -0.2) is 8.42 Å². The number of piperazine rings is 1. The zero-order chi connectivity index (χ0) is 16.4. The summed E-state index contributed by atoms with van der Waals surface area (Å²) < 4.78 is 31.1. The molecule has 10 heteroatoms. The van der Waals surface area contributed by atoms with Gasteiger partial charge in [0, 0.05) is 49.3 Å². The van der Waals surface area contributed by atoms with Crippen LogP contribution < -0.4 is 0 Å². The van der Waals surface area contributed by atoms with E-state index in [1.165, 1.54) is 16.4 Å². The van der Waals surface area contributed by atoms with Gasteiger partial charge in [-0.3, -0.25) is 4.90 Å². The molecule has 2 heterocycles. The molecular formula is C13H14Cl2N4O2S2.